The smallest absolute Gasteiger partial charge is 0.407 e. The molecule has 2 aliphatic rings. The van der Waals surface area contributed by atoms with Gasteiger partial charge in [0.1, 0.15) is 5.54 Å². The molecule has 2 aliphatic heterocycles. The number of fused-ring (bicyclic) bond motifs is 1. The van der Waals surface area contributed by atoms with Crippen molar-refractivity contribution in [3.05, 3.63) is 71.8 Å². The predicted octanol–water partition coefficient (Wildman–Crippen LogP) is 4.44. The molecule has 0 saturated carbocycles. The van der Waals surface area contributed by atoms with Crippen LogP contribution in [0.3, 0.4) is 0 Å². The molecule has 2 amide bonds. The Bertz CT molecular complexity index is 1000. The third kappa shape index (κ3) is 4.06. The molecule has 2 aromatic carbocycles. The summed E-state index contributed by atoms with van der Waals surface area (Å²) in [5, 5.41) is 13.4. The van der Waals surface area contributed by atoms with Crippen molar-refractivity contribution in [2.24, 2.45) is 16.3 Å². The maximum atomic E-state index is 12.9. The van der Waals surface area contributed by atoms with Crippen LogP contribution in [0.1, 0.15) is 36.7 Å². The minimum absolute atomic E-state index is 0.00613. The number of carbonyl (C=O) groups excluding carboxylic acids is 1. The highest BCUT2D eigenvalue weighted by Gasteiger charge is 2.57. The second kappa shape index (κ2) is 8.04. The average molecular weight is 438 g/mol. The number of hydrogen-bond donors (Lipinski definition) is 2. The number of hydrogen-bond acceptors (Lipinski definition) is 4. The van der Waals surface area contributed by atoms with E-state index in [0.717, 1.165) is 5.56 Å². The number of rotatable bonds is 2. The van der Waals surface area contributed by atoms with Gasteiger partial charge in [0.15, 0.2) is 5.17 Å². The largest absolute Gasteiger partial charge is 0.465 e. The van der Waals surface area contributed by atoms with Crippen molar-refractivity contribution in [3.63, 3.8) is 0 Å². The Balaban J connectivity index is 1.80. The summed E-state index contributed by atoms with van der Waals surface area (Å²) in [6, 6.07) is 18.9. The molecule has 3 atom stereocenters. The molecule has 0 radical (unpaired) electrons. The van der Waals surface area contributed by atoms with Gasteiger partial charge in [0.05, 0.1) is 6.54 Å². The third-order valence-corrected chi connectivity index (χ3v) is 7.73. The van der Waals surface area contributed by atoms with Crippen molar-refractivity contribution in [2.45, 2.75) is 31.6 Å². The van der Waals surface area contributed by atoms with Crippen molar-refractivity contribution in [3.8, 4) is 0 Å². The van der Waals surface area contributed by atoms with Gasteiger partial charge in [-0.3, -0.25) is 4.79 Å². The quantitative estimate of drug-likeness (QED) is 0.728. The summed E-state index contributed by atoms with van der Waals surface area (Å²) in [5.41, 5.74) is 0.683. The summed E-state index contributed by atoms with van der Waals surface area (Å²) in [6.45, 7) is 7.17. The van der Waals surface area contributed by atoms with Crippen LogP contribution in [0, 0.1) is 11.3 Å². The van der Waals surface area contributed by atoms with Crippen molar-refractivity contribution in [1.29, 1.82) is 0 Å². The number of thioether (sulfide) groups is 1. The normalized spacial score (nSPS) is 25.5. The first-order chi connectivity index (χ1) is 14.7. The number of nitrogens with zero attached hydrogens (tertiary/aromatic N) is 2. The fourth-order valence-corrected chi connectivity index (χ4v) is 6.01. The molecule has 2 aromatic rings. The molecule has 0 bridgehead atoms. The Labute approximate surface area is 186 Å². The van der Waals surface area contributed by atoms with Gasteiger partial charge < -0.3 is 15.3 Å². The lowest BCUT2D eigenvalue weighted by atomic mass is 9.72. The van der Waals surface area contributed by atoms with Gasteiger partial charge in [-0.05, 0) is 23.1 Å². The van der Waals surface area contributed by atoms with E-state index in [1.165, 1.54) is 4.90 Å². The number of nitrogens with one attached hydrogen (secondary N) is 1. The predicted molar refractivity (Wildman–Crippen MR) is 123 cm³/mol. The zero-order chi connectivity index (χ0) is 22.2. The summed E-state index contributed by atoms with van der Waals surface area (Å²) in [6.07, 6.45) is -0.938. The molecule has 0 spiro atoms. The molecular weight excluding hydrogens is 410 g/mol. The molecule has 0 aromatic heterocycles. The Morgan fingerprint density at radius 1 is 1.10 bits per heavy atom. The first kappa shape index (κ1) is 21.4. The summed E-state index contributed by atoms with van der Waals surface area (Å²) in [5.74, 6) is -0.220. The topological polar surface area (TPSA) is 82.0 Å². The number of benzene rings is 2. The molecular formula is C24H27N3O3S. The van der Waals surface area contributed by atoms with Gasteiger partial charge in [-0.1, -0.05) is 81.1 Å². The monoisotopic (exact) mass is 437 g/mol. The van der Waals surface area contributed by atoms with Crippen LogP contribution in [0.2, 0.25) is 0 Å². The van der Waals surface area contributed by atoms with Crippen LogP contribution in [-0.2, 0) is 5.54 Å². The first-order valence-electron chi connectivity index (χ1n) is 10.4. The molecule has 0 aliphatic carbocycles. The molecule has 6 nitrogen and oxygen atoms in total. The highest BCUT2D eigenvalue weighted by atomic mass is 32.2. The SMILES string of the molecule is CC(C)(C)C1SC(NC(=O)c2ccccc2)=NC2(c3ccccc3)CN(C(=O)O)CC12. The van der Waals surface area contributed by atoms with Crippen molar-refractivity contribution >= 4 is 28.9 Å². The fraction of sp³-hybridized carbons (Fsp3) is 0.375. The number of amidine groups is 1. The van der Waals surface area contributed by atoms with Gasteiger partial charge in [0, 0.05) is 23.3 Å². The second-order valence-electron chi connectivity index (χ2n) is 9.20. The van der Waals surface area contributed by atoms with E-state index in [9.17, 15) is 14.7 Å². The zero-order valence-electron chi connectivity index (χ0n) is 17.9. The second-order valence-corrected chi connectivity index (χ2v) is 10.3. The number of amides is 2. The van der Waals surface area contributed by atoms with Crippen LogP contribution < -0.4 is 5.32 Å². The van der Waals surface area contributed by atoms with Crippen LogP contribution in [-0.4, -0.2) is 45.5 Å². The first-order valence-corrected chi connectivity index (χ1v) is 11.2. The Kier molecular flexibility index (Phi) is 5.56. The number of carbonyl (C=O) groups is 2. The van der Waals surface area contributed by atoms with Crippen LogP contribution in [0.25, 0.3) is 0 Å². The molecule has 162 valence electrons. The summed E-state index contributed by atoms with van der Waals surface area (Å²) >= 11 is 1.54. The van der Waals surface area contributed by atoms with Gasteiger partial charge >= 0.3 is 6.09 Å². The van der Waals surface area contributed by atoms with Gasteiger partial charge in [-0.2, -0.15) is 0 Å². The summed E-state index contributed by atoms with van der Waals surface area (Å²) in [7, 11) is 0. The van der Waals surface area contributed by atoms with E-state index in [0.29, 0.717) is 17.3 Å². The lowest BCUT2D eigenvalue weighted by Crippen LogP contribution is -2.50. The Morgan fingerprint density at radius 3 is 2.29 bits per heavy atom. The van der Waals surface area contributed by atoms with Crippen LogP contribution in [0.4, 0.5) is 4.79 Å². The molecule has 2 heterocycles. The van der Waals surface area contributed by atoms with E-state index < -0.39 is 11.6 Å². The number of aliphatic imine (C=N–C) groups is 1. The van der Waals surface area contributed by atoms with Gasteiger partial charge in [-0.15, -0.1) is 0 Å². The lowest BCUT2D eigenvalue weighted by Gasteiger charge is -2.45. The molecule has 3 unspecified atom stereocenters. The fourth-order valence-electron chi connectivity index (χ4n) is 4.57. The van der Waals surface area contributed by atoms with Crippen molar-refractivity contribution < 1.29 is 14.7 Å². The maximum Gasteiger partial charge on any atom is 0.407 e. The average Bonchev–Trinajstić information content (AvgIpc) is 3.15. The van der Waals surface area contributed by atoms with E-state index >= 15 is 0 Å². The van der Waals surface area contributed by atoms with Crippen LogP contribution >= 0.6 is 11.8 Å². The molecule has 31 heavy (non-hydrogen) atoms. The summed E-state index contributed by atoms with van der Waals surface area (Å²) in [4.78, 5) is 31.3. The van der Waals surface area contributed by atoms with Crippen molar-refractivity contribution in [1.82, 2.24) is 10.2 Å². The standard InChI is InChI=1S/C24H27N3O3S/c1-23(2,3)19-18-14-27(22(29)30)15-24(18,17-12-8-5-9-13-17)26-21(31-19)25-20(28)16-10-6-4-7-11-16/h4-13,18-19H,14-15H2,1-3H3,(H,29,30)(H,25,26,28). The van der Waals surface area contributed by atoms with Crippen LogP contribution in [0.15, 0.2) is 65.7 Å². The van der Waals surface area contributed by atoms with Crippen molar-refractivity contribution in [2.75, 3.05) is 13.1 Å². The molecule has 1 fully saturated rings. The van der Waals surface area contributed by atoms with Gasteiger partial charge in [0.2, 0.25) is 0 Å². The number of likely N-dealkylation sites (tertiary alicyclic amines) is 1. The summed E-state index contributed by atoms with van der Waals surface area (Å²) < 4.78 is 0. The third-order valence-electron chi connectivity index (χ3n) is 6.02. The van der Waals surface area contributed by atoms with E-state index in [4.69, 9.17) is 4.99 Å². The highest BCUT2D eigenvalue weighted by molar-refractivity contribution is 8.14. The van der Waals surface area contributed by atoms with E-state index in [1.54, 1.807) is 23.9 Å². The molecule has 4 rings (SSSR count). The molecule has 2 N–H and O–H groups in total. The molecule has 7 heteroatoms. The highest BCUT2D eigenvalue weighted by Crippen LogP contribution is 2.53. The van der Waals surface area contributed by atoms with E-state index in [1.807, 2.05) is 48.5 Å². The van der Waals surface area contributed by atoms with E-state index in [-0.39, 0.29) is 29.0 Å². The van der Waals surface area contributed by atoms with Gasteiger partial charge in [0.25, 0.3) is 5.91 Å². The zero-order valence-corrected chi connectivity index (χ0v) is 18.7. The van der Waals surface area contributed by atoms with Gasteiger partial charge in [-0.25, -0.2) is 9.79 Å². The Morgan fingerprint density at radius 2 is 1.71 bits per heavy atom. The maximum absolute atomic E-state index is 12.9. The lowest BCUT2D eigenvalue weighted by molar-refractivity contribution is 0.0977. The van der Waals surface area contributed by atoms with Crippen LogP contribution in [0.5, 0.6) is 0 Å². The minimum atomic E-state index is -0.938. The Hall–Kier alpha value is -2.80. The minimum Gasteiger partial charge on any atom is -0.465 e. The van der Waals surface area contributed by atoms with E-state index in [2.05, 4.69) is 26.1 Å². The molecule has 1 saturated heterocycles. The number of carboxylic acid groups (broad SMARTS) is 1.